The summed E-state index contributed by atoms with van der Waals surface area (Å²) in [5.41, 5.74) is 2.05. The zero-order valence-electron chi connectivity index (χ0n) is 11.8. The van der Waals surface area contributed by atoms with Crippen LogP contribution in [0.5, 0.6) is 5.75 Å². The first-order valence-corrected chi connectivity index (χ1v) is 6.58. The molecule has 0 aliphatic heterocycles. The number of hydrogen-bond donors (Lipinski definition) is 1. The highest BCUT2D eigenvalue weighted by Gasteiger charge is 2.02. The van der Waals surface area contributed by atoms with E-state index in [1.54, 1.807) is 7.11 Å². The molecule has 0 aliphatic rings. The van der Waals surface area contributed by atoms with Crippen LogP contribution >= 0.6 is 0 Å². The van der Waals surface area contributed by atoms with Gasteiger partial charge >= 0.3 is 0 Å². The van der Waals surface area contributed by atoms with Crippen LogP contribution in [-0.2, 0) is 6.54 Å². The van der Waals surface area contributed by atoms with Crippen molar-refractivity contribution in [2.45, 2.75) is 20.4 Å². The van der Waals surface area contributed by atoms with E-state index in [9.17, 15) is 0 Å². The van der Waals surface area contributed by atoms with Crippen LogP contribution in [0.15, 0.2) is 36.5 Å². The Bertz CT molecular complexity index is 520. The Balaban J connectivity index is 2.03. The first-order valence-electron chi connectivity index (χ1n) is 6.58. The van der Waals surface area contributed by atoms with Crippen LogP contribution in [0.4, 0.5) is 0 Å². The van der Waals surface area contributed by atoms with Gasteiger partial charge in [0.2, 0.25) is 0 Å². The maximum absolute atomic E-state index is 5.22. The molecule has 0 unspecified atom stereocenters. The second kappa shape index (κ2) is 6.38. The minimum Gasteiger partial charge on any atom is -0.497 e. The number of ether oxygens (including phenoxy) is 1. The fraction of sp³-hybridized carbons (Fsp3) is 0.400. The maximum Gasteiger partial charge on any atom is 0.121 e. The zero-order valence-corrected chi connectivity index (χ0v) is 11.8. The molecule has 0 amide bonds. The van der Waals surface area contributed by atoms with Gasteiger partial charge in [-0.05, 0) is 30.7 Å². The van der Waals surface area contributed by atoms with E-state index >= 15 is 0 Å². The monoisotopic (exact) mass is 259 g/mol. The van der Waals surface area contributed by atoms with Crippen LogP contribution in [-0.4, -0.2) is 23.4 Å². The van der Waals surface area contributed by atoms with Crippen molar-refractivity contribution in [3.05, 3.63) is 42.2 Å². The number of nitrogens with zero attached hydrogens (tertiary/aromatic N) is 2. The lowest BCUT2D eigenvalue weighted by Crippen LogP contribution is -2.19. The molecule has 102 valence electrons. The topological polar surface area (TPSA) is 39.1 Å². The lowest BCUT2D eigenvalue weighted by atomic mass is 10.2. The Morgan fingerprint density at radius 2 is 2.16 bits per heavy atom. The Morgan fingerprint density at radius 3 is 2.89 bits per heavy atom. The molecule has 0 saturated carbocycles. The average Bonchev–Trinajstić information content (AvgIpc) is 2.87. The predicted octanol–water partition coefficient (Wildman–Crippen LogP) is 2.63. The summed E-state index contributed by atoms with van der Waals surface area (Å²) in [5.74, 6) is 1.49. The summed E-state index contributed by atoms with van der Waals surface area (Å²) in [5, 5.41) is 7.94. The van der Waals surface area contributed by atoms with E-state index in [0.717, 1.165) is 30.2 Å². The predicted molar refractivity (Wildman–Crippen MR) is 76.7 cm³/mol. The minimum absolute atomic E-state index is 0.653. The maximum atomic E-state index is 5.22. The molecule has 0 aliphatic carbocycles. The van der Waals surface area contributed by atoms with Gasteiger partial charge in [0.05, 0.1) is 18.5 Å². The number of rotatable bonds is 6. The van der Waals surface area contributed by atoms with E-state index in [0.29, 0.717) is 5.92 Å². The summed E-state index contributed by atoms with van der Waals surface area (Å²) in [6.07, 6.45) is 1.97. The van der Waals surface area contributed by atoms with Gasteiger partial charge in [-0.25, -0.2) is 4.68 Å². The van der Waals surface area contributed by atoms with Crippen LogP contribution in [0, 0.1) is 5.92 Å². The van der Waals surface area contributed by atoms with Crippen LogP contribution in [0.1, 0.15) is 19.5 Å². The van der Waals surface area contributed by atoms with Crippen molar-refractivity contribution in [3.8, 4) is 11.4 Å². The highest BCUT2D eigenvalue weighted by molar-refractivity contribution is 5.38. The Labute approximate surface area is 114 Å². The van der Waals surface area contributed by atoms with Crippen LogP contribution in [0.2, 0.25) is 0 Å². The van der Waals surface area contributed by atoms with Crippen molar-refractivity contribution in [3.63, 3.8) is 0 Å². The van der Waals surface area contributed by atoms with E-state index in [1.165, 1.54) is 0 Å². The number of hydrogen-bond acceptors (Lipinski definition) is 3. The molecular weight excluding hydrogens is 238 g/mol. The summed E-state index contributed by atoms with van der Waals surface area (Å²) in [7, 11) is 1.67. The minimum atomic E-state index is 0.653. The lowest BCUT2D eigenvalue weighted by molar-refractivity contribution is 0.414. The smallest absolute Gasteiger partial charge is 0.121 e. The van der Waals surface area contributed by atoms with E-state index < -0.39 is 0 Å². The van der Waals surface area contributed by atoms with Crippen molar-refractivity contribution in [2.24, 2.45) is 5.92 Å². The molecule has 2 aromatic rings. The third-order valence-corrected chi connectivity index (χ3v) is 2.82. The van der Waals surface area contributed by atoms with Gasteiger partial charge in [-0.1, -0.05) is 19.9 Å². The molecule has 0 atom stereocenters. The molecule has 19 heavy (non-hydrogen) atoms. The van der Waals surface area contributed by atoms with E-state index in [2.05, 4.69) is 24.3 Å². The van der Waals surface area contributed by atoms with E-state index in [-0.39, 0.29) is 0 Å². The molecule has 4 nitrogen and oxygen atoms in total. The third kappa shape index (κ3) is 3.83. The van der Waals surface area contributed by atoms with Gasteiger partial charge in [0.25, 0.3) is 0 Å². The molecule has 0 bridgehead atoms. The number of nitrogens with one attached hydrogen (secondary N) is 1. The number of benzene rings is 1. The second-order valence-corrected chi connectivity index (χ2v) is 4.98. The molecule has 1 aromatic heterocycles. The fourth-order valence-electron chi connectivity index (χ4n) is 1.84. The first kappa shape index (κ1) is 13.6. The second-order valence-electron chi connectivity index (χ2n) is 4.98. The Morgan fingerprint density at radius 1 is 1.32 bits per heavy atom. The Hall–Kier alpha value is -1.81. The van der Waals surface area contributed by atoms with Crippen molar-refractivity contribution < 1.29 is 4.74 Å². The lowest BCUT2D eigenvalue weighted by Gasteiger charge is -2.06. The normalized spacial score (nSPS) is 10.9. The standard InChI is InChI=1S/C15H21N3O/c1-12(2)10-16-11-13-7-8-18(17-13)14-5-4-6-15(9-14)19-3/h4-9,12,16H,10-11H2,1-3H3. The molecule has 2 rings (SSSR count). The van der Waals surface area contributed by atoms with Crippen LogP contribution in [0.3, 0.4) is 0 Å². The third-order valence-electron chi connectivity index (χ3n) is 2.82. The molecule has 1 N–H and O–H groups in total. The van der Waals surface area contributed by atoms with Gasteiger partial charge in [-0.15, -0.1) is 0 Å². The summed E-state index contributed by atoms with van der Waals surface area (Å²) < 4.78 is 7.09. The molecule has 4 heteroatoms. The molecule has 0 spiro atoms. The average molecular weight is 259 g/mol. The molecule has 1 heterocycles. The largest absolute Gasteiger partial charge is 0.497 e. The SMILES string of the molecule is COc1cccc(-n2ccc(CNCC(C)C)n2)c1. The van der Waals surface area contributed by atoms with Gasteiger partial charge < -0.3 is 10.1 Å². The van der Waals surface area contributed by atoms with Gasteiger partial charge in [0, 0.05) is 18.8 Å². The Kier molecular flexibility index (Phi) is 4.58. The summed E-state index contributed by atoms with van der Waals surface area (Å²) >= 11 is 0. The molecule has 0 fully saturated rings. The molecule has 0 saturated heterocycles. The quantitative estimate of drug-likeness (QED) is 0.866. The summed E-state index contributed by atoms with van der Waals surface area (Å²) in [4.78, 5) is 0. The fourth-order valence-corrected chi connectivity index (χ4v) is 1.84. The van der Waals surface area contributed by atoms with Crippen molar-refractivity contribution >= 4 is 0 Å². The van der Waals surface area contributed by atoms with Gasteiger partial charge in [0.15, 0.2) is 0 Å². The van der Waals surface area contributed by atoms with E-state index in [4.69, 9.17) is 4.74 Å². The van der Waals surface area contributed by atoms with Crippen LogP contribution < -0.4 is 10.1 Å². The van der Waals surface area contributed by atoms with Gasteiger partial charge in [0.1, 0.15) is 5.75 Å². The number of aromatic nitrogens is 2. The van der Waals surface area contributed by atoms with Gasteiger partial charge in [-0.2, -0.15) is 5.10 Å². The van der Waals surface area contributed by atoms with Crippen molar-refractivity contribution in [1.82, 2.24) is 15.1 Å². The first-order chi connectivity index (χ1) is 9.19. The highest BCUT2D eigenvalue weighted by atomic mass is 16.5. The van der Waals surface area contributed by atoms with Crippen molar-refractivity contribution in [1.29, 1.82) is 0 Å². The molecule has 1 aromatic carbocycles. The zero-order chi connectivity index (χ0) is 13.7. The van der Waals surface area contributed by atoms with Crippen LogP contribution in [0.25, 0.3) is 5.69 Å². The summed E-state index contributed by atoms with van der Waals surface area (Å²) in [6, 6.07) is 9.91. The number of methoxy groups -OCH3 is 1. The highest BCUT2D eigenvalue weighted by Crippen LogP contribution is 2.15. The van der Waals surface area contributed by atoms with Gasteiger partial charge in [-0.3, -0.25) is 0 Å². The van der Waals surface area contributed by atoms with Crippen molar-refractivity contribution in [2.75, 3.05) is 13.7 Å². The summed E-state index contributed by atoms with van der Waals surface area (Å²) in [6.45, 7) is 6.20. The molecular formula is C15H21N3O. The molecule has 0 radical (unpaired) electrons. The van der Waals surface area contributed by atoms with E-state index in [1.807, 2.05) is 41.2 Å².